The Labute approximate surface area is 115 Å². The van der Waals surface area contributed by atoms with E-state index in [0.717, 1.165) is 17.6 Å². The number of rotatable bonds is 4. The van der Waals surface area contributed by atoms with Crippen molar-refractivity contribution >= 4 is 29.1 Å². The molecule has 2 rings (SSSR count). The summed E-state index contributed by atoms with van der Waals surface area (Å²) in [6.07, 6.45) is 0.980. The molecule has 0 aliphatic rings. The molecule has 2 N–H and O–H groups in total. The van der Waals surface area contributed by atoms with Gasteiger partial charge in [0.15, 0.2) is 10.1 Å². The third kappa shape index (κ3) is 3.15. The quantitative estimate of drug-likeness (QED) is 0.834. The lowest BCUT2D eigenvalue weighted by Gasteiger charge is -1.97. The Morgan fingerprint density at radius 2 is 2.32 bits per heavy atom. The summed E-state index contributed by atoms with van der Waals surface area (Å²) in [5.74, 6) is -0.718. The van der Waals surface area contributed by atoms with Crippen LogP contribution in [-0.2, 0) is 5.75 Å². The molecular weight excluding hydrogens is 290 g/mol. The molecule has 0 aliphatic heterocycles. The first-order valence-corrected chi connectivity index (χ1v) is 6.92. The van der Waals surface area contributed by atoms with Crippen LogP contribution < -0.4 is 5.43 Å². The highest BCUT2D eigenvalue weighted by molar-refractivity contribution is 8.00. The molecule has 2 aromatic heterocycles. The number of carboxylic acids is 1. The Morgan fingerprint density at radius 1 is 1.58 bits per heavy atom. The van der Waals surface area contributed by atoms with Crippen molar-refractivity contribution in [3.63, 3.8) is 0 Å². The number of carbonyl (C=O) groups is 1. The lowest BCUT2D eigenvalue weighted by Crippen LogP contribution is -1.98. The minimum absolute atomic E-state index is 0.203. The smallest absolute Gasteiger partial charge is 0.347 e. The topological polar surface area (TPSA) is 101 Å². The summed E-state index contributed by atoms with van der Waals surface area (Å²) < 4.78 is 5.62. The summed E-state index contributed by atoms with van der Waals surface area (Å²) in [5, 5.41) is 17.9. The van der Waals surface area contributed by atoms with Gasteiger partial charge in [-0.15, -0.1) is 11.3 Å². The normalized spacial score (nSPS) is 10.6. The van der Waals surface area contributed by atoms with Gasteiger partial charge in [0.1, 0.15) is 16.9 Å². The van der Waals surface area contributed by atoms with E-state index >= 15 is 0 Å². The number of aromatic carboxylic acids is 1. The molecule has 2 aromatic rings. The first kappa shape index (κ1) is 13.6. The fourth-order valence-corrected chi connectivity index (χ4v) is 3.20. The van der Waals surface area contributed by atoms with E-state index in [2.05, 4.69) is 4.98 Å². The zero-order valence-corrected chi connectivity index (χ0v) is 11.4. The lowest BCUT2D eigenvalue weighted by molar-refractivity contribution is 0.0701. The van der Waals surface area contributed by atoms with Crippen LogP contribution in [0, 0.1) is 6.92 Å². The van der Waals surface area contributed by atoms with Crippen LogP contribution in [-0.4, -0.2) is 21.2 Å². The fraction of sp³-hybridized carbons (Fsp3) is 0.182. The van der Waals surface area contributed by atoms with Crippen LogP contribution in [0.5, 0.6) is 5.75 Å². The van der Waals surface area contributed by atoms with E-state index in [9.17, 15) is 9.59 Å². The summed E-state index contributed by atoms with van der Waals surface area (Å²) in [4.78, 5) is 26.4. The first-order chi connectivity index (χ1) is 8.97. The average Bonchev–Trinajstić information content (AvgIpc) is 2.72. The minimum Gasteiger partial charge on any atom is -0.502 e. The molecule has 0 fully saturated rings. The zero-order valence-electron chi connectivity index (χ0n) is 9.74. The van der Waals surface area contributed by atoms with Gasteiger partial charge in [-0.2, -0.15) is 0 Å². The van der Waals surface area contributed by atoms with Gasteiger partial charge in [0.25, 0.3) is 0 Å². The largest absolute Gasteiger partial charge is 0.502 e. The Hall–Kier alpha value is -1.80. The van der Waals surface area contributed by atoms with Crippen LogP contribution in [0.2, 0.25) is 0 Å². The van der Waals surface area contributed by atoms with Crippen LogP contribution in [0.1, 0.15) is 21.1 Å². The van der Waals surface area contributed by atoms with Crippen LogP contribution in [0.3, 0.4) is 0 Å². The fourth-order valence-electron chi connectivity index (χ4n) is 1.28. The highest BCUT2D eigenvalue weighted by Crippen LogP contribution is 2.29. The van der Waals surface area contributed by atoms with Crippen molar-refractivity contribution in [2.75, 3.05) is 0 Å². The number of thioether (sulfide) groups is 1. The van der Waals surface area contributed by atoms with E-state index < -0.39 is 17.1 Å². The number of aromatic nitrogens is 1. The summed E-state index contributed by atoms with van der Waals surface area (Å²) >= 11 is 2.35. The average molecular weight is 299 g/mol. The summed E-state index contributed by atoms with van der Waals surface area (Å²) in [6, 6.07) is 1.20. The molecule has 0 saturated heterocycles. The van der Waals surface area contributed by atoms with Gasteiger partial charge in [0, 0.05) is 6.07 Å². The van der Waals surface area contributed by atoms with Crippen molar-refractivity contribution < 1.29 is 19.4 Å². The second-order valence-corrected chi connectivity index (χ2v) is 5.81. The molecule has 0 saturated carbocycles. The van der Waals surface area contributed by atoms with E-state index in [1.807, 2.05) is 0 Å². The Bertz CT molecular complexity index is 676. The Morgan fingerprint density at radius 3 is 2.89 bits per heavy atom. The Balaban J connectivity index is 2.10. The van der Waals surface area contributed by atoms with Gasteiger partial charge in [0.05, 0.1) is 11.4 Å². The number of thiazole rings is 1. The van der Waals surface area contributed by atoms with Gasteiger partial charge in [-0.3, -0.25) is 4.79 Å². The number of aryl methyl sites for hydroxylation is 1. The molecule has 2 heterocycles. The van der Waals surface area contributed by atoms with Crippen LogP contribution in [0.4, 0.5) is 0 Å². The number of hydrogen-bond acceptors (Lipinski definition) is 7. The van der Waals surface area contributed by atoms with Gasteiger partial charge in [-0.25, -0.2) is 9.78 Å². The van der Waals surface area contributed by atoms with Crippen molar-refractivity contribution in [1.29, 1.82) is 0 Å². The molecule has 0 radical (unpaired) electrons. The molecule has 0 atom stereocenters. The third-order valence-electron chi connectivity index (χ3n) is 2.18. The monoisotopic (exact) mass is 299 g/mol. The maximum atomic E-state index is 11.2. The van der Waals surface area contributed by atoms with Gasteiger partial charge in [-0.05, 0) is 6.92 Å². The van der Waals surface area contributed by atoms with Gasteiger partial charge in [0.2, 0.25) is 5.43 Å². The van der Waals surface area contributed by atoms with E-state index in [0.29, 0.717) is 21.5 Å². The predicted octanol–water partition coefficient (Wildman–Crippen LogP) is 2.10. The van der Waals surface area contributed by atoms with Crippen molar-refractivity contribution in [3.05, 3.63) is 38.9 Å². The number of carboxylic acid groups (broad SMARTS) is 1. The highest BCUT2D eigenvalue weighted by Gasteiger charge is 2.14. The van der Waals surface area contributed by atoms with Crippen molar-refractivity contribution in [2.45, 2.75) is 17.0 Å². The molecule has 8 heteroatoms. The first-order valence-electron chi connectivity index (χ1n) is 5.11. The standard InChI is InChI=1S/C11H9NO5S2/c1-5-9(10(15)16)19-11(12-5)18-4-6-2-7(13)8(14)3-17-6/h2-3,14H,4H2,1H3,(H,15,16). The van der Waals surface area contributed by atoms with E-state index in [1.165, 1.54) is 17.8 Å². The van der Waals surface area contributed by atoms with Gasteiger partial charge >= 0.3 is 5.97 Å². The second kappa shape index (κ2) is 5.45. The molecule has 0 aliphatic carbocycles. The SMILES string of the molecule is Cc1nc(SCc2cc(=O)c(O)co2)sc1C(=O)O. The molecular formula is C11H9NO5S2. The van der Waals surface area contributed by atoms with E-state index in [-0.39, 0.29) is 4.88 Å². The van der Waals surface area contributed by atoms with Crippen molar-refractivity contribution in [1.82, 2.24) is 4.98 Å². The highest BCUT2D eigenvalue weighted by atomic mass is 32.2. The number of hydrogen-bond donors (Lipinski definition) is 2. The molecule has 0 aromatic carbocycles. The zero-order chi connectivity index (χ0) is 14.0. The summed E-state index contributed by atoms with van der Waals surface area (Å²) in [7, 11) is 0. The predicted molar refractivity (Wildman–Crippen MR) is 70.0 cm³/mol. The summed E-state index contributed by atoms with van der Waals surface area (Å²) in [6.45, 7) is 1.63. The third-order valence-corrected chi connectivity index (χ3v) is 4.49. The molecule has 19 heavy (non-hydrogen) atoms. The maximum Gasteiger partial charge on any atom is 0.347 e. The second-order valence-electron chi connectivity index (χ2n) is 3.58. The number of nitrogens with zero attached hydrogens (tertiary/aromatic N) is 1. The lowest BCUT2D eigenvalue weighted by atomic mass is 10.4. The molecule has 0 spiro atoms. The molecule has 0 amide bonds. The minimum atomic E-state index is -1.00. The van der Waals surface area contributed by atoms with Crippen LogP contribution in [0.25, 0.3) is 0 Å². The summed E-state index contributed by atoms with van der Waals surface area (Å²) in [5.41, 5.74) is -0.0458. The van der Waals surface area contributed by atoms with Gasteiger partial charge in [-0.1, -0.05) is 11.8 Å². The molecule has 0 unspecified atom stereocenters. The van der Waals surface area contributed by atoms with E-state index in [1.54, 1.807) is 6.92 Å². The van der Waals surface area contributed by atoms with E-state index in [4.69, 9.17) is 14.6 Å². The maximum absolute atomic E-state index is 11.2. The number of aromatic hydroxyl groups is 1. The van der Waals surface area contributed by atoms with Crippen LogP contribution in [0.15, 0.2) is 25.9 Å². The Kier molecular flexibility index (Phi) is 3.91. The van der Waals surface area contributed by atoms with Crippen LogP contribution >= 0.6 is 23.1 Å². The molecule has 6 nitrogen and oxygen atoms in total. The van der Waals surface area contributed by atoms with Crippen molar-refractivity contribution in [2.24, 2.45) is 0 Å². The molecule has 100 valence electrons. The van der Waals surface area contributed by atoms with Gasteiger partial charge < -0.3 is 14.6 Å². The molecule has 0 bridgehead atoms. The van der Waals surface area contributed by atoms with Crippen molar-refractivity contribution in [3.8, 4) is 5.75 Å².